The third-order valence-corrected chi connectivity index (χ3v) is 0. The van der Waals surface area contributed by atoms with Crippen LogP contribution in [-0.4, -0.2) is 17.4 Å². The molecule has 0 radical (unpaired) electrons. The molecular formula is H4AlLiMnO. The zero-order valence-electron chi connectivity index (χ0n) is 2.79. The molecule has 0 aliphatic heterocycles. The van der Waals surface area contributed by atoms with Gasteiger partial charge in [-0.15, -0.1) is 0 Å². The molecule has 4 heavy (non-hydrogen) atoms. The van der Waals surface area contributed by atoms with Crippen molar-refractivity contribution in [2.24, 2.45) is 0 Å². The minimum atomic E-state index is 0. The summed E-state index contributed by atoms with van der Waals surface area (Å²) >= 11 is 1.69. The first kappa shape index (κ1) is 18.0. The number of rotatable bonds is 0. The van der Waals surface area contributed by atoms with Gasteiger partial charge in [0.1, 0.15) is 0 Å². The molecule has 4 heteroatoms. The van der Waals surface area contributed by atoms with E-state index in [4.69, 9.17) is 3.83 Å². The Morgan fingerprint density at radius 2 is 1.50 bits per heavy atom. The molecule has 0 aromatic carbocycles. The molecule has 0 aromatic heterocycles. The predicted molar refractivity (Wildman–Crippen MR) is 11.7 cm³/mol. The first-order valence-electron chi connectivity index (χ1n) is 0.154. The summed E-state index contributed by atoms with van der Waals surface area (Å²) in [6.07, 6.45) is 0. The Hall–Kier alpha value is 1.45. The van der Waals surface area contributed by atoms with Crippen LogP contribution in [0.15, 0.2) is 0 Å². The molecule has 0 aromatic rings. The Labute approximate surface area is 57.3 Å². The van der Waals surface area contributed by atoms with Crippen molar-refractivity contribution in [2.75, 3.05) is 0 Å². The molecule has 0 saturated heterocycles. The molecule has 0 amide bonds. The summed E-state index contributed by atoms with van der Waals surface area (Å²) in [5.41, 5.74) is 0. The van der Waals surface area contributed by atoms with E-state index in [1.165, 1.54) is 0 Å². The Bertz CT molecular complexity index is 11.6. The predicted octanol–water partition coefficient (Wildman–Crippen LogP) is -4.19. The van der Waals surface area contributed by atoms with Gasteiger partial charge in [0, 0.05) is 0 Å². The first-order valence-corrected chi connectivity index (χ1v) is 0.636. The number of hydrogen-bond acceptors (Lipinski definition) is 1. The molecule has 0 rings (SSSR count). The summed E-state index contributed by atoms with van der Waals surface area (Å²) in [7, 11) is 0. The van der Waals surface area contributed by atoms with Crippen molar-refractivity contribution in [1.29, 1.82) is 0 Å². The normalized spacial score (nSPS) is 1.00. The molecule has 0 spiro atoms. The maximum absolute atomic E-state index is 8.06. The SMILES string of the molecule is [AlH3].[H-].[Li+].[O]=[Mn]. The van der Waals surface area contributed by atoms with E-state index < -0.39 is 0 Å². The zero-order chi connectivity index (χ0) is 2.00. The molecule has 1 nitrogen and oxygen atoms in total. The van der Waals surface area contributed by atoms with Gasteiger partial charge in [-0.2, -0.15) is 0 Å². The van der Waals surface area contributed by atoms with Gasteiger partial charge in [-0.25, -0.2) is 0 Å². The van der Waals surface area contributed by atoms with E-state index in [0.717, 1.165) is 0 Å². The van der Waals surface area contributed by atoms with Gasteiger partial charge < -0.3 is 1.43 Å². The second-order valence-corrected chi connectivity index (χ2v) is 0. The molecule has 0 unspecified atom stereocenters. The molecular weight excluding hydrogens is 105 g/mol. The quantitative estimate of drug-likeness (QED) is 0.288. The van der Waals surface area contributed by atoms with Gasteiger partial charge in [-0.3, -0.25) is 0 Å². The van der Waals surface area contributed by atoms with Gasteiger partial charge in [-0.1, -0.05) is 0 Å². The van der Waals surface area contributed by atoms with Crippen LogP contribution in [0.25, 0.3) is 0 Å². The Morgan fingerprint density at radius 1 is 1.50 bits per heavy atom. The third-order valence-electron chi connectivity index (χ3n) is 0. The molecule has 0 fully saturated rings. The van der Waals surface area contributed by atoms with E-state index in [-0.39, 0.29) is 37.6 Å². The average molecular weight is 109 g/mol. The van der Waals surface area contributed by atoms with Gasteiger partial charge >= 0.3 is 38.6 Å². The molecule has 0 saturated carbocycles. The van der Waals surface area contributed by atoms with Crippen molar-refractivity contribution in [1.82, 2.24) is 0 Å². The molecule has 0 atom stereocenters. The third kappa shape index (κ3) is 9.85. The fraction of sp³-hybridized carbons (Fsp3) is 0. The monoisotopic (exact) mass is 109 g/mol. The van der Waals surface area contributed by atoms with Gasteiger partial charge in [0.15, 0.2) is 17.4 Å². The van der Waals surface area contributed by atoms with Crippen LogP contribution in [0, 0.1) is 0 Å². The summed E-state index contributed by atoms with van der Waals surface area (Å²) in [5, 5.41) is 0. The fourth-order valence-corrected chi connectivity index (χ4v) is 0. The molecule has 0 bridgehead atoms. The fourth-order valence-electron chi connectivity index (χ4n) is 0. The van der Waals surface area contributed by atoms with Crippen LogP contribution >= 0.6 is 0 Å². The van der Waals surface area contributed by atoms with E-state index in [0.29, 0.717) is 0 Å². The molecule has 0 aliphatic rings. The topological polar surface area (TPSA) is 17.1 Å². The second kappa shape index (κ2) is 25.2. The van der Waals surface area contributed by atoms with Gasteiger partial charge in [0.05, 0.1) is 0 Å². The first-order chi connectivity index (χ1) is 1.00. The summed E-state index contributed by atoms with van der Waals surface area (Å²) in [6, 6.07) is 0. The van der Waals surface area contributed by atoms with Crippen LogP contribution in [0.2, 0.25) is 0 Å². The van der Waals surface area contributed by atoms with Crippen molar-refractivity contribution in [3.63, 3.8) is 0 Å². The maximum atomic E-state index is 8.06. The van der Waals surface area contributed by atoms with Crippen molar-refractivity contribution < 1.29 is 40.1 Å². The van der Waals surface area contributed by atoms with Gasteiger partial charge in [0.2, 0.25) is 0 Å². The second-order valence-electron chi connectivity index (χ2n) is 0. The van der Waals surface area contributed by atoms with Crippen molar-refractivity contribution in [3.05, 3.63) is 0 Å². The zero-order valence-corrected chi connectivity index (χ0v) is 2.97. The van der Waals surface area contributed by atoms with Crippen LogP contribution in [0.1, 0.15) is 1.43 Å². The van der Waals surface area contributed by atoms with Gasteiger partial charge in [0.25, 0.3) is 0 Å². The van der Waals surface area contributed by atoms with Crippen LogP contribution < -0.4 is 18.9 Å². The van der Waals surface area contributed by atoms with E-state index in [1.54, 1.807) is 15.9 Å². The van der Waals surface area contributed by atoms with Crippen LogP contribution in [0.5, 0.6) is 0 Å². The van der Waals surface area contributed by atoms with Crippen molar-refractivity contribution >= 4 is 17.4 Å². The summed E-state index contributed by atoms with van der Waals surface area (Å²) in [5.74, 6) is 0. The average Bonchev–Trinajstić information content (AvgIpc) is 1.00. The van der Waals surface area contributed by atoms with Crippen LogP contribution in [-0.2, 0) is 19.8 Å². The Balaban J connectivity index is -0.00000000167. The molecule has 0 aliphatic carbocycles. The minimum absolute atomic E-state index is 0. The van der Waals surface area contributed by atoms with Crippen LogP contribution in [0.4, 0.5) is 0 Å². The summed E-state index contributed by atoms with van der Waals surface area (Å²) in [4.78, 5) is 0. The van der Waals surface area contributed by atoms with E-state index in [1.807, 2.05) is 0 Å². The summed E-state index contributed by atoms with van der Waals surface area (Å²) < 4.78 is 8.06. The molecule has 0 heterocycles. The van der Waals surface area contributed by atoms with E-state index in [2.05, 4.69) is 0 Å². The summed E-state index contributed by atoms with van der Waals surface area (Å²) in [6.45, 7) is 0. The van der Waals surface area contributed by atoms with Crippen LogP contribution in [0.3, 0.4) is 0 Å². The Morgan fingerprint density at radius 3 is 1.50 bits per heavy atom. The van der Waals surface area contributed by atoms with Crippen molar-refractivity contribution in [2.45, 2.75) is 0 Å². The molecule has 21 valence electrons. The van der Waals surface area contributed by atoms with E-state index >= 15 is 0 Å². The number of hydrogen-bond donors (Lipinski definition) is 0. The van der Waals surface area contributed by atoms with Crippen molar-refractivity contribution in [3.8, 4) is 0 Å². The Kier molecular flexibility index (Phi) is 113. The molecule has 0 N–H and O–H groups in total. The van der Waals surface area contributed by atoms with E-state index in [9.17, 15) is 0 Å². The standard InChI is InChI=1S/Al.Li.Mn.O.4H/q;+1;;;;;;-1. The van der Waals surface area contributed by atoms with Gasteiger partial charge in [-0.05, 0) is 0 Å².